The maximum Gasteiger partial charge on any atom is 0.308 e. The van der Waals surface area contributed by atoms with Crippen LogP contribution in [0.5, 0.6) is 5.75 Å². The fourth-order valence-electron chi connectivity index (χ4n) is 3.31. The van der Waals surface area contributed by atoms with Crippen molar-refractivity contribution >= 4 is 28.6 Å². The van der Waals surface area contributed by atoms with Crippen molar-refractivity contribution in [3.63, 3.8) is 0 Å². The van der Waals surface area contributed by atoms with Crippen LogP contribution in [0.25, 0.3) is 10.9 Å². The van der Waals surface area contributed by atoms with Crippen LogP contribution in [0.15, 0.2) is 48.5 Å². The van der Waals surface area contributed by atoms with Gasteiger partial charge in [-0.15, -0.1) is 0 Å². The Morgan fingerprint density at radius 1 is 1.07 bits per heavy atom. The number of aromatic amines is 1. The Hall–Kier alpha value is -3.61. The molecule has 0 saturated carbocycles. The summed E-state index contributed by atoms with van der Waals surface area (Å²) in [5.41, 5.74) is 2.49. The minimum atomic E-state index is -0.930. The number of Topliss-reactive ketones (excluding diaryl/α,β-unsaturated/α-hetero) is 1. The smallest absolute Gasteiger partial charge is 0.308 e. The minimum Gasteiger partial charge on any atom is -0.496 e. The van der Waals surface area contributed by atoms with Gasteiger partial charge in [-0.25, -0.2) is 0 Å². The van der Waals surface area contributed by atoms with Crippen LogP contribution in [-0.4, -0.2) is 42.4 Å². The lowest BCUT2D eigenvalue weighted by Crippen LogP contribution is -2.29. The van der Waals surface area contributed by atoms with Gasteiger partial charge in [0, 0.05) is 28.7 Å². The van der Waals surface area contributed by atoms with Crippen molar-refractivity contribution in [3.8, 4) is 5.75 Å². The number of rotatable bonds is 8. The second kappa shape index (κ2) is 9.26. The number of ketones is 1. The Bertz CT molecular complexity index is 1090. The normalized spacial score (nSPS) is 11.7. The second-order valence-corrected chi connectivity index (χ2v) is 6.87. The van der Waals surface area contributed by atoms with Crippen molar-refractivity contribution in [1.29, 1.82) is 0 Å². The molecule has 0 spiro atoms. The Kier molecular flexibility index (Phi) is 6.51. The van der Waals surface area contributed by atoms with Crippen LogP contribution in [-0.2, 0) is 9.53 Å². The van der Waals surface area contributed by atoms with E-state index in [4.69, 9.17) is 9.47 Å². The number of aryl methyl sites for hydroxylation is 1. The molecular weight excluding hydrogens is 384 g/mol. The molecule has 1 heterocycles. The molecule has 2 N–H and O–H groups in total. The molecule has 156 valence electrons. The fourth-order valence-corrected chi connectivity index (χ4v) is 3.31. The van der Waals surface area contributed by atoms with Gasteiger partial charge >= 0.3 is 5.97 Å². The molecule has 0 saturated heterocycles. The summed E-state index contributed by atoms with van der Waals surface area (Å²) in [6, 6.07) is 14.3. The molecule has 0 aliphatic carbocycles. The summed E-state index contributed by atoms with van der Waals surface area (Å²) < 4.78 is 10.4. The average Bonchev–Trinajstić information content (AvgIpc) is 3.08. The van der Waals surface area contributed by atoms with Gasteiger partial charge in [-0.3, -0.25) is 14.4 Å². The number of para-hydroxylation sites is 2. The lowest BCUT2D eigenvalue weighted by molar-refractivity contribution is -0.146. The van der Waals surface area contributed by atoms with E-state index in [2.05, 4.69) is 10.3 Å². The van der Waals surface area contributed by atoms with Gasteiger partial charge in [-0.2, -0.15) is 0 Å². The first kappa shape index (κ1) is 21.1. The van der Waals surface area contributed by atoms with Gasteiger partial charge in [0.25, 0.3) is 5.91 Å². The van der Waals surface area contributed by atoms with Gasteiger partial charge < -0.3 is 19.8 Å². The Morgan fingerprint density at radius 3 is 2.53 bits per heavy atom. The van der Waals surface area contributed by atoms with E-state index >= 15 is 0 Å². The monoisotopic (exact) mass is 408 g/mol. The first-order valence-electron chi connectivity index (χ1n) is 9.64. The number of nitrogens with one attached hydrogen (secondary N) is 2. The van der Waals surface area contributed by atoms with E-state index in [1.54, 1.807) is 31.2 Å². The van der Waals surface area contributed by atoms with E-state index in [1.165, 1.54) is 7.11 Å². The number of carbonyl (C=O) groups is 3. The second-order valence-electron chi connectivity index (χ2n) is 6.87. The summed E-state index contributed by atoms with van der Waals surface area (Å²) in [6.45, 7) is 3.45. The molecule has 0 aliphatic heterocycles. The summed E-state index contributed by atoms with van der Waals surface area (Å²) in [5.74, 6) is -0.727. The van der Waals surface area contributed by atoms with Gasteiger partial charge in [-0.1, -0.05) is 30.3 Å². The molecule has 0 radical (unpaired) electrons. The minimum absolute atomic E-state index is 0.0502. The molecule has 1 aromatic heterocycles. The summed E-state index contributed by atoms with van der Waals surface area (Å²) in [6.07, 6.45) is -0.980. The third-order valence-electron chi connectivity index (χ3n) is 4.78. The highest BCUT2D eigenvalue weighted by molar-refractivity contribution is 6.11. The number of H-pyrrole nitrogens is 1. The van der Waals surface area contributed by atoms with Crippen LogP contribution in [0.1, 0.15) is 39.8 Å². The van der Waals surface area contributed by atoms with E-state index in [0.29, 0.717) is 16.9 Å². The highest BCUT2D eigenvalue weighted by Crippen LogP contribution is 2.24. The molecule has 0 aliphatic rings. The van der Waals surface area contributed by atoms with Crippen LogP contribution in [0.3, 0.4) is 0 Å². The first-order chi connectivity index (χ1) is 14.4. The zero-order valence-electron chi connectivity index (χ0n) is 17.2. The standard InChI is InChI=1S/C23H24N2O5/c1-14-21(16-8-4-6-10-18(16)25-14)22(27)15(2)30-20(26)12-13-24-23(28)17-9-5-7-11-19(17)29-3/h4-11,15,25H,12-13H2,1-3H3,(H,24,28)/t15-/m1/s1. The number of hydrogen-bond donors (Lipinski definition) is 2. The number of esters is 1. The van der Waals surface area contributed by atoms with E-state index in [9.17, 15) is 14.4 Å². The van der Waals surface area contributed by atoms with Crippen molar-refractivity contribution in [1.82, 2.24) is 10.3 Å². The Labute approximate surface area is 174 Å². The van der Waals surface area contributed by atoms with Crippen LogP contribution in [0.2, 0.25) is 0 Å². The van der Waals surface area contributed by atoms with E-state index in [1.807, 2.05) is 31.2 Å². The van der Waals surface area contributed by atoms with E-state index in [0.717, 1.165) is 16.6 Å². The SMILES string of the molecule is COc1ccccc1C(=O)NCCC(=O)O[C@H](C)C(=O)c1c(C)[nH]c2ccccc12. The summed E-state index contributed by atoms with van der Waals surface area (Å²) in [5, 5.41) is 3.46. The molecule has 7 nitrogen and oxygen atoms in total. The third kappa shape index (κ3) is 4.51. The quantitative estimate of drug-likeness (QED) is 0.440. The predicted octanol–water partition coefficient (Wildman–Crippen LogP) is 3.42. The van der Waals surface area contributed by atoms with Gasteiger partial charge in [-0.05, 0) is 32.0 Å². The van der Waals surface area contributed by atoms with Gasteiger partial charge in [0.15, 0.2) is 6.10 Å². The third-order valence-corrected chi connectivity index (χ3v) is 4.78. The van der Waals surface area contributed by atoms with Gasteiger partial charge in [0.05, 0.1) is 19.1 Å². The van der Waals surface area contributed by atoms with Crippen LogP contribution in [0, 0.1) is 6.92 Å². The van der Waals surface area contributed by atoms with Crippen LogP contribution in [0.4, 0.5) is 0 Å². The molecule has 0 bridgehead atoms. The number of ether oxygens (including phenoxy) is 2. The molecule has 3 rings (SSSR count). The number of carbonyl (C=O) groups excluding carboxylic acids is 3. The van der Waals surface area contributed by atoms with Crippen LogP contribution < -0.4 is 10.1 Å². The van der Waals surface area contributed by atoms with E-state index < -0.39 is 12.1 Å². The van der Waals surface area contributed by atoms with E-state index in [-0.39, 0.29) is 24.7 Å². The first-order valence-corrected chi connectivity index (χ1v) is 9.64. The zero-order chi connectivity index (χ0) is 21.7. The van der Waals surface area contributed by atoms with Crippen molar-refractivity contribution in [2.75, 3.05) is 13.7 Å². The predicted molar refractivity (Wildman–Crippen MR) is 113 cm³/mol. The lowest BCUT2D eigenvalue weighted by Gasteiger charge is -2.13. The van der Waals surface area contributed by atoms with Crippen molar-refractivity contribution in [2.24, 2.45) is 0 Å². The molecule has 0 unspecified atom stereocenters. The molecule has 1 atom stereocenters. The molecular formula is C23H24N2O5. The highest BCUT2D eigenvalue weighted by Gasteiger charge is 2.24. The summed E-state index contributed by atoms with van der Waals surface area (Å²) >= 11 is 0. The number of benzene rings is 2. The molecule has 7 heteroatoms. The Balaban J connectivity index is 1.55. The number of amides is 1. The number of methoxy groups -OCH3 is 1. The van der Waals surface area contributed by atoms with Crippen molar-refractivity contribution < 1.29 is 23.9 Å². The maximum absolute atomic E-state index is 12.8. The van der Waals surface area contributed by atoms with Crippen molar-refractivity contribution in [3.05, 3.63) is 65.4 Å². The number of aromatic nitrogens is 1. The lowest BCUT2D eigenvalue weighted by atomic mass is 10.0. The molecule has 2 aromatic carbocycles. The zero-order valence-corrected chi connectivity index (χ0v) is 17.2. The van der Waals surface area contributed by atoms with Gasteiger partial charge in [0.2, 0.25) is 5.78 Å². The van der Waals surface area contributed by atoms with Gasteiger partial charge in [0.1, 0.15) is 5.75 Å². The molecule has 30 heavy (non-hydrogen) atoms. The van der Waals surface area contributed by atoms with Crippen LogP contribution >= 0.6 is 0 Å². The topological polar surface area (TPSA) is 97.5 Å². The summed E-state index contributed by atoms with van der Waals surface area (Å²) in [7, 11) is 1.48. The highest BCUT2D eigenvalue weighted by atomic mass is 16.5. The molecule has 1 amide bonds. The molecule has 0 fully saturated rings. The maximum atomic E-state index is 12.8. The Morgan fingerprint density at radius 2 is 1.77 bits per heavy atom. The number of hydrogen-bond acceptors (Lipinski definition) is 5. The largest absolute Gasteiger partial charge is 0.496 e. The average molecular weight is 408 g/mol. The molecule has 3 aromatic rings. The fraction of sp³-hybridized carbons (Fsp3) is 0.261. The van der Waals surface area contributed by atoms with Crippen molar-refractivity contribution in [2.45, 2.75) is 26.4 Å². The summed E-state index contributed by atoms with van der Waals surface area (Å²) in [4.78, 5) is 40.4. The number of fused-ring (bicyclic) bond motifs is 1.